The average Bonchev–Trinajstić information content (AvgIpc) is 2.26. The van der Waals surface area contributed by atoms with Crippen molar-refractivity contribution in [2.24, 2.45) is 5.41 Å². The Bertz CT molecular complexity index is 381. The fraction of sp³-hybridized carbons (Fsp3) is 0.600. The fourth-order valence-corrected chi connectivity index (χ4v) is 2.52. The van der Waals surface area contributed by atoms with Gasteiger partial charge in [-0.2, -0.15) is 0 Å². The van der Waals surface area contributed by atoms with E-state index in [4.69, 9.17) is 0 Å². The van der Waals surface area contributed by atoms with Crippen LogP contribution in [0, 0.1) is 5.41 Å². The molecule has 0 bridgehead atoms. The predicted molar refractivity (Wildman–Crippen MR) is 72.3 cm³/mol. The normalized spacial score (nSPS) is 21.5. The largest absolute Gasteiger partial charge is 0.391 e. The Labute approximate surface area is 104 Å². The highest BCUT2D eigenvalue weighted by molar-refractivity contribution is 5.53. The van der Waals surface area contributed by atoms with E-state index in [1.54, 1.807) is 0 Å². The average molecular weight is 233 g/mol. The Morgan fingerprint density at radius 3 is 2.76 bits per heavy atom. The summed E-state index contributed by atoms with van der Waals surface area (Å²) in [7, 11) is 0. The first-order valence-electron chi connectivity index (χ1n) is 6.48. The Morgan fingerprint density at radius 2 is 2.06 bits per heavy atom. The van der Waals surface area contributed by atoms with E-state index in [-0.39, 0.29) is 17.6 Å². The summed E-state index contributed by atoms with van der Waals surface area (Å²) in [6.07, 6.45) is 2.67. The highest BCUT2D eigenvalue weighted by Gasteiger charge is 2.27. The van der Waals surface area contributed by atoms with Crippen molar-refractivity contribution < 1.29 is 5.11 Å². The first-order valence-corrected chi connectivity index (χ1v) is 6.48. The summed E-state index contributed by atoms with van der Waals surface area (Å²) in [5.41, 5.74) is 2.74. The van der Waals surface area contributed by atoms with E-state index in [2.05, 4.69) is 44.3 Å². The maximum atomic E-state index is 10.3. The van der Waals surface area contributed by atoms with Crippen molar-refractivity contribution in [1.82, 2.24) is 0 Å². The van der Waals surface area contributed by atoms with Gasteiger partial charge in [0.15, 0.2) is 0 Å². The van der Waals surface area contributed by atoms with E-state index in [9.17, 15) is 5.11 Å². The van der Waals surface area contributed by atoms with Gasteiger partial charge in [0, 0.05) is 5.69 Å². The molecule has 17 heavy (non-hydrogen) atoms. The zero-order chi connectivity index (χ0) is 12.5. The predicted octanol–water partition coefficient (Wildman–Crippen LogP) is 3.21. The van der Waals surface area contributed by atoms with E-state index in [0.29, 0.717) is 0 Å². The number of fused-ring (bicyclic) bond motifs is 1. The van der Waals surface area contributed by atoms with Crippen LogP contribution in [0.2, 0.25) is 0 Å². The van der Waals surface area contributed by atoms with Gasteiger partial charge in [-0.05, 0) is 36.3 Å². The minimum atomic E-state index is -0.261. The van der Waals surface area contributed by atoms with E-state index in [0.717, 1.165) is 19.3 Å². The van der Waals surface area contributed by atoms with Gasteiger partial charge in [0.25, 0.3) is 0 Å². The zero-order valence-corrected chi connectivity index (χ0v) is 11.0. The van der Waals surface area contributed by atoms with Crippen molar-refractivity contribution in [2.75, 3.05) is 5.32 Å². The van der Waals surface area contributed by atoms with Gasteiger partial charge < -0.3 is 10.4 Å². The van der Waals surface area contributed by atoms with Crippen LogP contribution in [0.15, 0.2) is 24.3 Å². The van der Waals surface area contributed by atoms with Crippen molar-refractivity contribution in [3.63, 3.8) is 0 Å². The number of aliphatic hydroxyl groups is 1. The number of rotatable bonds is 2. The zero-order valence-electron chi connectivity index (χ0n) is 11.0. The second-order valence-electron chi connectivity index (χ2n) is 6.28. The van der Waals surface area contributed by atoms with Crippen LogP contribution in [-0.2, 0) is 6.42 Å². The molecule has 0 radical (unpaired) electrons. The lowest BCUT2D eigenvalue weighted by Crippen LogP contribution is -2.39. The molecule has 1 aliphatic heterocycles. The van der Waals surface area contributed by atoms with Gasteiger partial charge in [0.2, 0.25) is 0 Å². The molecule has 0 saturated heterocycles. The second kappa shape index (κ2) is 4.69. The number of nitrogens with one attached hydrogen (secondary N) is 1. The first kappa shape index (κ1) is 12.4. The molecule has 2 atom stereocenters. The van der Waals surface area contributed by atoms with Gasteiger partial charge in [-0.15, -0.1) is 0 Å². The molecule has 0 fully saturated rings. The van der Waals surface area contributed by atoms with Crippen LogP contribution in [-0.4, -0.2) is 17.3 Å². The number of hydrogen-bond donors (Lipinski definition) is 2. The molecule has 0 aromatic heterocycles. The molecule has 2 heteroatoms. The quantitative estimate of drug-likeness (QED) is 0.822. The van der Waals surface area contributed by atoms with Crippen LogP contribution in [0.3, 0.4) is 0 Å². The molecule has 2 N–H and O–H groups in total. The SMILES string of the molecule is CC(C)(C)CC(O)C1CCc2ccccc2N1. The summed E-state index contributed by atoms with van der Waals surface area (Å²) in [4.78, 5) is 0. The molecule has 1 aromatic carbocycles. The van der Waals surface area contributed by atoms with Gasteiger partial charge in [-0.1, -0.05) is 39.0 Å². The standard InChI is InChI=1S/C15H23NO/c1-15(2,3)10-14(17)13-9-8-11-6-4-5-7-12(11)16-13/h4-7,13-14,16-17H,8-10H2,1-3H3. The third kappa shape index (κ3) is 3.22. The lowest BCUT2D eigenvalue weighted by molar-refractivity contribution is 0.0990. The molecular weight excluding hydrogens is 210 g/mol. The van der Waals surface area contributed by atoms with Crippen LogP contribution >= 0.6 is 0 Å². The van der Waals surface area contributed by atoms with Crippen molar-refractivity contribution in [1.29, 1.82) is 0 Å². The summed E-state index contributed by atoms with van der Waals surface area (Å²) in [5.74, 6) is 0. The third-order valence-electron chi connectivity index (χ3n) is 3.37. The van der Waals surface area contributed by atoms with Crippen molar-refractivity contribution in [2.45, 2.75) is 52.2 Å². The monoisotopic (exact) mass is 233 g/mol. The van der Waals surface area contributed by atoms with Gasteiger partial charge in [-0.3, -0.25) is 0 Å². The highest BCUT2D eigenvalue weighted by atomic mass is 16.3. The first-order chi connectivity index (χ1) is 7.96. The van der Waals surface area contributed by atoms with Crippen LogP contribution in [0.4, 0.5) is 5.69 Å². The lowest BCUT2D eigenvalue weighted by atomic mass is 9.84. The molecule has 2 unspecified atom stereocenters. The van der Waals surface area contributed by atoms with Crippen LogP contribution in [0.1, 0.15) is 39.2 Å². The molecule has 0 amide bonds. The van der Waals surface area contributed by atoms with Crippen LogP contribution < -0.4 is 5.32 Å². The number of anilines is 1. The van der Waals surface area contributed by atoms with Crippen molar-refractivity contribution >= 4 is 5.69 Å². The second-order valence-corrected chi connectivity index (χ2v) is 6.28. The van der Waals surface area contributed by atoms with Crippen LogP contribution in [0.5, 0.6) is 0 Å². The molecule has 1 heterocycles. The molecule has 0 saturated carbocycles. The fourth-order valence-electron chi connectivity index (χ4n) is 2.52. The van der Waals surface area contributed by atoms with Gasteiger partial charge >= 0.3 is 0 Å². The van der Waals surface area contributed by atoms with E-state index >= 15 is 0 Å². The Morgan fingerprint density at radius 1 is 1.35 bits per heavy atom. The molecule has 1 aliphatic rings. The maximum Gasteiger partial charge on any atom is 0.0746 e. The molecular formula is C15H23NO. The Hall–Kier alpha value is -1.02. The van der Waals surface area contributed by atoms with E-state index in [1.807, 2.05) is 6.07 Å². The molecule has 1 aromatic rings. The number of benzene rings is 1. The summed E-state index contributed by atoms with van der Waals surface area (Å²) in [6.45, 7) is 6.52. The molecule has 2 nitrogen and oxygen atoms in total. The van der Waals surface area contributed by atoms with Gasteiger partial charge in [0.1, 0.15) is 0 Å². The maximum absolute atomic E-state index is 10.3. The third-order valence-corrected chi connectivity index (χ3v) is 3.37. The van der Waals surface area contributed by atoms with E-state index < -0.39 is 0 Å². The van der Waals surface area contributed by atoms with Gasteiger partial charge in [0.05, 0.1) is 12.1 Å². The molecule has 94 valence electrons. The number of hydrogen-bond acceptors (Lipinski definition) is 2. The smallest absolute Gasteiger partial charge is 0.0746 e. The number of aryl methyl sites for hydroxylation is 1. The molecule has 0 spiro atoms. The summed E-state index contributed by atoms with van der Waals surface area (Å²) < 4.78 is 0. The van der Waals surface area contributed by atoms with Crippen molar-refractivity contribution in [3.8, 4) is 0 Å². The van der Waals surface area contributed by atoms with Gasteiger partial charge in [-0.25, -0.2) is 0 Å². The summed E-state index contributed by atoms with van der Waals surface area (Å²) in [6, 6.07) is 8.58. The number of para-hydroxylation sites is 1. The van der Waals surface area contributed by atoms with Crippen molar-refractivity contribution in [3.05, 3.63) is 29.8 Å². The highest BCUT2D eigenvalue weighted by Crippen LogP contribution is 2.29. The molecule has 0 aliphatic carbocycles. The Kier molecular flexibility index (Phi) is 3.43. The minimum Gasteiger partial charge on any atom is -0.391 e. The topological polar surface area (TPSA) is 32.3 Å². The van der Waals surface area contributed by atoms with Crippen LogP contribution in [0.25, 0.3) is 0 Å². The summed E-state index contributed by atoms with van der Waals surface area (Å²) >= 11 is 0. The number of aliphatic hydroxyl groups excluding tert-OH is 1. The Balaban J connectivity index is 2.02. The lowest BCUT2D eigenvalue weighted by Gasteiger charge is -2.33. The minimum absolute atomic E-state index is 0.179. The van der Waals surface area contributed by atoms with E-state index in [1.165, 1.54) is 11.3 Å². The molecule has 2 rings (SSSR count). The summed E-state index contributed by atoms with van der Waals surface area (Å²) in [5, 5.41) is 13.7.